The van der Waals surface area contributed by atoms with Gasteiger partial charge in [0.25, 0.3) is 0 Å². The molecule has 1 saturated carbocycles. The van der Waals surface area contributed by atoms with Gasteiger partial charge in [-0.1, -0.05) is 36.4 Å². The van der Waals surface area contributed by atoms with Crippen molar-refractivity contribution in [3.05, 3.63) is 60.2 Å². The molecule has 1 heterocycles. The van der Waals surface area contributed by atoms with Crippen molar-refractivity contribution in [3.63, 3.8) is 0 Å². The van der Waals surface area contributed by atoms with Crippen LogP contribution in [-0.2, 0) is 14.8 Å². The Bertz CT molecular complexity index is 954. The Kier molecular flexibility index (Phi) is 4.46. The Balaban J connectivity index is 1.82. The van der Waals surface area contributed by atoms with Crippen LogP contribution in [0.5, 0.6) is 0 Å². The summed E-state index contributed by atoms with van der Waals surface area (Å²) in [7, 11) is -3.50. The van der Waals surface area contributed by atoms with Crippen LogP contribution >= 0.6 is 0 Å². The van der Waals surface area contributed by atoms with Gasteiger partial charge in [0.2, 0.25) is 15.9 Å². The van der Waals surface area contributed by atoms with Crippen molar-refractivity contribution in [1.29, 1.82) is 0 Å². The molecule has 1 fully saturated rings. The van der Waals surface area contributed by atoms with Gasteiger partial charge in [-0.2, -0.15) is 0 Å². The van der Waals surface area contributed by atoms with E-state index >= 15 is 0 Å². The SMILES string of the molecule is C[C@H]1C[C@@H](N(c2ccccc2)S(C)(=O)=O)c2ccccc2N1C(=O)C1CC1. The highest BCUT2D eigenvalue weighted by Gasteiger charge is 2.42. The Hall–Kier alpha value is -2.34. The van der Waals surface area contributed by atoms with E-state index in [1.807, 2.05) is 66.4 Å². The second-order valence-electron chi connectivity index (χ2n) is 7.54. The van der Waals surface area contributed by atoms with Crippen molar-refractivity contribution in [2.24, 2.45) is 5.92 Å². The zero-order valence-electron chi connectivity index (χ0n) is 15.6. The number of sulfonamides is 1. The number of carbonyl (C=O) groups is 1. The minimum Gasteiger partial charge on any atom is -0.309 e. The molecule has 0 aromatic heterocycles. The van der Waals surface area contributed by atoms with Crippen molar-refractivity contribution in [2.45, 2.75) is 38.3 Å². The molecule has 27 heavy (non-hydrogen) atoms. The monoisotopic (exact) mass is 384 g/mol. The number of anilines is 2. The molecule has 6 heteroatoms. The molecule has 0 saturated heterocycles. The molecule has 5 nitrogen and oxygen atoms in total. The summed E-state index contributed by atoms with van der Waals surface area (Å²) < 4.78 is 27.0. The average molecular weight is 385 g/mol. The number of rotatable bonds is 4. The van der Waals surface area contributed by atoms with Gasteiger partial charge in [-0.15, -0.1) is 0 Å². The maximum Gasteiger partial charge on any atom is 0.232 e. The van der Waals surface area contributed by atoms with E-state index in [2.05, 4.69) is 0 Å². The van der Waals surface area contributed by atoms with E-state index in [1.165, 1.54) is 10.6 Å². The molecule has 0 radical (unpaired) electrons. The first-order chi connectivity index (χ1) is 12.9. The minimum atomic E-state index is -3.50. The summed E-state index contributed by atoms with van der Waals surface area (Å²) >= 11 is 0. The molecule has 2 aromatic rings. The smallest absolute Gasteiger partial charge is 0.232 e. The Morgan fingerprint density at radius 3 is 2.30 bits per heavy atom. The van der Waals surface area contributed by atoms with Crippen LogP contribution in [0.4, 0.5) is 11.4 Å². The number of benzene rings is 2. The van der Waals surface area contributed by atoms with E-state index < -0.39 is 10.0 Å². The quantitative estimate of drug-likeness (QED) is 0.807. The van der Waals surface area contributed by atoms with E-state index in [0.717, 1.165) is 24.1 Å². The van der Waals surface area contributed by atoms with Gasteiger partial charge in [0.1, 0.15) is 0 Å². The third kappa shape index (κ3) is 3.34. The molecule has 0 unspecified atom stereocenters. The molecule has 2 aromatic carbocycles. The van der Waals surface area contributed by atoms with Gasteiger partial charge in [-0.05, 0) is 49.9 Å². The molecule has 0 spiro atoms. The summed E-state index contributed by atoms with van der Waals surface area (Å²) in [5, 5.41) is 0. The highest BCUT2D eigenvalue weighted by molar-refractivity contribution is 7.92. The van der Waals surface area contributed by atoms with Gasteiger partial charge in [-0.3, -0.25) is 9.10 Å². The normalized spacial score (nSPS) is 22.2. The first kappa shape index (κ1) is 18.0. The summed E-state index contributed by atoms with van der Waals surface area (Å²) in [5.41, 5.74) is 2.37. The molecule has 1 aliphatic heterocycles. The average Bonchev–Trinajstić information content (AvgIpc) is 3.46. The fraction of sp³-hybridized carbons (Fsp3) is 0.381. The summed E-state index contributed by atoms with van der Waals surface area (Å²) in [5.74, 6) is 0.288. The molecule has 1 aliphatic carbocycles. The predicted octanol–water partition coefficient (Wildman–Crippen LogP) is 3.73. The van der Waals surface area contributed by atoms with Crippen LogP contribution in [0, 0.1) is 5.92 Å². The number of nitrogens with zero attached hydrogens (tertiary/aromatic N) is 2. The number of para-hydroxylation sites is 2. The molecule has 142 valence electrons. The van der Waals surface area contributed by atoms with Crippen molar-refractivity contribution < 1.29 is 13.2 Å². The lowest BCUT2D eigenvalue weighted by Crippen LogP contribution is -2.48. The van der Waals surface area contributed by atoms with Crippen LogP contribution in [0.25, 0.3) is 0 Å². The highest BCUT2D eigenvalue weighted by Crippen LogP contribution is 2.45. The lowest BCUT2D eigenvalue weighted by atomic mass is 9.91. The van der Waals surface area contributed by atoms with Crippen LogP contribution in [0.15, 0.2) is 54.6 Å². The molecular formula is C21H24N2O3S. The summed E-state index contributed by atoms with van der Waals surface area (Å²) in [6.45, 7) is 2.01. The predicted molar refractivity (Wildman–Crippen MR) is 107 cm³/mol. The maximum atomic E-state index is 12.9. The molecule has 2 aliphatic rings. The maximum absolute atomic E-state index is 12.9. The number of fused-ring (bicyclic) bond motifs is 1. The third-order valence-corrected chi connectivity index (χ3v) is 6.56. The van der Waals surface area contributed by atoms with Crippen molar-refractivity contribution in [1.82, 2.24) is 0 Å². The lowest BCUT2D eigenvalue weighted by molar-refractivity contribution is -0.120. The summed E-state index contributed by atoms with van der Waals surface area (Å²) in [6, 6.07) is 16.5. The second kappa shape index (κ2) is 6.68. The first-order valence-electron chi connectivity index (χ1n) is 9.34. The van der Waals surface area contributed by atoms with Gasteiger partial charge in [0, 0.05) is 17.6 Å². The fourth-order valence-electron chi connectivity index (χ4n) is 4.04. The molecule has 0 bridgehead atoms. The fourth-order valence-corrected chi connectivity index (χ4v) is 5.21. The van der Waals surface area contributed by atoms with Crippen LogP contribution in [0.2, 0.25) is 0 Å². The van der Waals surface area contributed by atoms with E-state index in [0.29, 0.717) is 12.1 Å². The van der Waals surface area contributed by atoms with Crippen LogP contribution in [-0.4, -0.2) is 26.6 Å². The largest absolute Gasteiger partial charge is 0.309 e. The van der Waals surface area contributed by atoms with Gasteiger partial charge < -0.3 is 4.90 Å². The third-order valence-electron chi connectivity index (χ3n) is 5.38. The van der Waals surface area contributed by atoms with Gasteiger partial charge >= 0.3 is 0 Å². The number of hydrogen-bond acceptors (Lipinski definition) is 3. The van der Waals surface area contributed by atoms with Crippen molar-refractivity contribution in [3.8, 4) is 0 Å². The zero-order valence-corrected chi connectivity index (χ0v) is 16.4. The standard InChI is InChI=1S/C21H24N2O3S/c1-15-14-20(23(27(2,25)26)17-8-4-3-5-9-17)18-10-6-7-11-19(18)22(15)21(24)16-12-13-16/h3-11,15-16,20H,12-14H2,1-2H3/t15-,20+/m0/s1. The van der Waals surface area contributed by atoms with E-state index in [-0.39, 0.29) is 23.9 Å². The van der Waals surface area contributed by atoms with Gasteiger partial charge in [0.05, 0.1) is 18.0 Å². The van der Waals surface area contributed by atoms with Crippen molar-refractivity contribution >= 4 is 27.3 Å². The number of amides is 1. The van der Waals surface area contributed by atoms with Gasteiger partial charge in [0.15, 0.2) is 0 Å². The van der Waals surface area contributed by atoms with Crippen LogP contribution in [0.1, 0.15) is 37.8 Å². The minimum absolute atomic E-state index is 0.0639. The van der Waals surface area contributed by atoms with Crippen molar-refractivity contribution in [2.75, 3.05) is 15.5 Å². The van der Waals surface area contributed by atoms with Crippen LogP contribution in [0.3, 0.4) is 0 Å². The van der Waals surface area contributed by atoms with E-state index in [9.17, 15) is 13.2 Å². The first-order valence-corrected chi connectivity index (χ1v) is 11.2. The Labute approximate surface area is 160 Å². The molecule has 4 rings (SSSR count). The number of carbonyl (C=O) groups excluding carboxylic acids is 1. The lowest BCUT2D eigenvalue weighted by Gasteiger charge is -2.43. The summed E-state index contributed by atoms with van der Waals surface area (Å²) in [6.07, 6.45) is 3.71. The second-order valence-corrected chi connectivity index (χ2v) is 9.40. The molecule has 1 amide bonds. The van der Waals surface area contributed by atoms with Gasteiger partial charge in [-0.25, -0.2) is 8.42 Å². The molecular weight excluding hydrogens is 360 g/mol. The highest BCUT2D eigenvalue weighted by atomic mass is 32.2. The molecule has 0 N–H and O–H groups in total. The molecule has 2 atom stereocenters. The Morgan fingerprint density at radius 1 is 1.04 bits per heavy atom. The number of hydrogen-bond donors (Lipinski definition) is 0. The van der Waals surface area contributed by atoms with E-state index in [1.54, 1.807) is 0 Å². The topological polar surface area (TPSA) is 57.7 Å². The van der Waals surface area contributed by atoms with E-state index in [4.69, 9.17) is 0 Å². The zero-order chi connectivity index (χ0) is 19.2. The Morgan fingerprint density at radius 2 is 1.67 bits per heavy atom. The van der Waals surface area contributed by atoms with Crippen LogP contribution < -0.4 is 9.21 Å². The summed E-state index contributed by atoms with van der Waals surface area (Å²) in [4.78, 5) is 14.8.